The van der Waals surface area contributed by atoms with Crippen molar-refractivity contribution in [1.82, 2.24) is 0 Å². The molecule has 10 aromatic rings. The van der Waals surface area contributed by atoms with Gasteiger partial charge < -0.3 is 4.90 Å². The van der Waals surface area contributed by atoms with Crippen LogP contribution in [-0.2, 0) is 0 Å². The van der Waals surface area contributed by atoms with E-state index in [0.29, 0.717) is 0 Å². The van der Waals surface area contributed by atoms with Gasteiger partial charge in [0.2, 0.25) is 0 Å². The van der Waals surface area contributed by atoms with Gasteiger partial charge in [0.15, 0.2) is 0 Å². The standard InChI is InChI=1S/C52H35NS/c1-4-16-36(17-5-1)43-33-32-42(35-48(43)38-20-8-3-9-21-38)53(49-30-15-29-47-46-26-10-11-31-50(46)54-52(47)49)41-25-12-24-40(34-41)45-28-14-23-39-22-13-27-44(51(39)45)37-18-6-2-7-19-37/h1-35H. The second kappa shape index (κ2) is 13.7. The van der Waals surface area contributed by atoms with E-state index >= 15 is 0 Å². The van der Waals surface area contributed by atoms with E-state index in [1.165, 1.54) is 81.1 Å². The lowest BCUT2D eigenvalue weighted by atomic mass is 9.91. The van der Waals surface area contributed by atoms with Crippen molar-refractivity contribution >= 4 is 59.3 Å². The van der Waals surface area contributed by atoms with Crippen molar-refractivity contribution < 1.29 is 0 Å². The van der Waals surface area contributed by atoms with Crippen molar-refractivity contribution in [2.75, 3.05) is 4.90 Å². The Hall–Kier alpha value is -6.74. The molecule has 0 saturated heterocycles. The van der Waals surface area contributed by atoms with Crippen LogP contribution in [-0.4, -0.2) is 0 Å². The minimum absolute atomic E-state index is 1.11. The van der Waals surface area contributed by atoms with Gasteiger partial charge in [-0.05, 0) is 91.7 Å². The molecule has 0 unspecified atom stereocenters. The molecule has 2 heteroatoms. The molecule has 10 rings (SSSR count). The predicted octanol–water partition coefficient (Wildman–Crippen LogP) is 15.3. The SMILES string of the molecule is c1ccc(-c2ccc(N(c3cccc(-c4cccc5cccc(-c6ccccc6)c45)c3)c3cccc4c3sc3ccccc34)cc2-c2ccccc2)cc1. The average molecular weight is 706 g/mol. The maximum Gasteiger partial charge on any atom is 0.0640 e. The number of anilines is 3. The molecule has 9 aromatic carbocycles. The molecule has 1 nitrogen and oxygen atoms in total. The molecule has 0 aliphatic heterocycles. The maximum absolute atomic E-state index is 2.46. The van der Waals surface area contributed by atoms with Crippen molar-refractivity contribution in [1.29, 1.82) is 0 Å². The molecule has 0 N–H and O–H groups in total. The number of thiophene rings is 1. The highest BCUT2D eigenvalue weighted by molar-refractivity contribution is 7.26. The van der Waals surface area contributed by atoms with E-state index in [4.69, 9.17) is 0 Å². The Morgan fingerprint density at radius 2 is 0.870 bits per heavy atom. The molecular weight excluding hydrogens is 671 g/mol. The third-order valence-electron chi connectivity index (χ3n) is 10.5. The van der Waals surface area contributed by atoms with Gasteiger partial charge in [0.05, 0.1) is 10.4 Å². The maximum atomic E-state index is 2.46. The van der Waals surface area contributed by atoms with Crippen molar-refractivity contribution in [3.8, 4) is 44.5 Å². The molecule has 0 spiro atoms. The molecular formula is C52H35NS. The van der Waals surface area contributed by atoms with Gasteiger partial charge in [-0.3, -0.25) is 0 Å². The molecule has 1 aromatic heterocycles. The Morgan fingerprint density at radius 1 is 0.333 bits per heavy atom. The summed E-state index contributed by atoms with van der Waals surface area (Å²) in [5.41, 5.74) is 13.1. The van der Waals surface area contributed by atoms with E-state index in [2.05, 4.69) is 217 Å². The highest BCUT2D eigenvalue weighted by atomic mass is 32.1. The summed E-state index contributed by atoms with van der Waals surface area (Å²) in [7, 11) is 0. The first kappa shape index (κ1) is 32.0. The zero-order valence-corrected chi connectivity index (χ0v) is 30.4. The minimum atomic E-state index is 1.11. The molecule has 0 radical (unpaired) electrons. The number of nitrogens with zero attached hydrogens (tertiary/aromatic N) is 1. The predicted molar refractivity (Wildman–Crippen MR) is 233 cm³/mol. The summed E-state index contributed by atoms with van der Waals surface area (Å²) in [6.45, 7) is 0. The van der Waals surface area contributed by atoms with Gasteiger partial charge in [-0.15, -0.1) is 11.3 Å². The average Bonchev–Trinajstić information content (AvgIpc) is 3.64. The molecule has 0 bridgehead atoms. The number of rotatable bonds is 7. The van der Waals surface area contributed by atoms with Gasteiger partial charge in [0.1, 0.15) is 0 Å². The highest BCUT2D eigenvalue weighted by Gasteiger charge is 2.21. The zero-order chi connectivity index (χ0) is 35.8. The van der Waals surface area contributed by atoms with E-state index in [1.54, 1.807) is 0 Å². The van der Waals surface area contributed by atoms with E-state index in [1.807, 2.05) is 11.3 Å². The fourth-order valence-corrected chi connectivity index (χ4v) is 9.19. The van der Waals surface area contributed by atoms with Crippen LogP contribution in [0.2, 0.25) is 0 Å². The van der Waals surface area contributed by atoms with Gasteiger partial charge in [-0.1, -0.05) is 176 Å². The first-order chi connectivity index (χ1) is 26.8. The lowest BCUT2D eigenvalue weighted by Crippen LogP contribution is -2.10. The summed E-state index contributed by atoms with van der Waals surface area (Å²) in [5, 5.41) is 5.07. The van der Waals surface area contributed by atoms with Crippen LogP contribution in [0, 0.1) is 0 Å². The molecule has 0 fully saturated rings. The molecule has 0 saturated carbocycles. The third kappa shape index (κ3) is 5.65. The second-order valence-electron chi connectivity index (χ2n) is 13.7. The van der Waals surface area contributed by atoms with E-state index in [0.717, 1.165) is 11.4 Å². The van der Waals surface area contributed by atoms with Crippen LogP contribution in [0.5, 0.6) is 0 Å². The van der Waals surface area contributed by atoms with E-state index in [-0.39, 0.29) is 0 Å². The summed E-state index contributed by atoms with van der Waals surface area (Å²) < 4.78 is 2.57. The van der Waals surface area contributed by atoms with E-state index in [9.17, 15) is 0 Å². The van der Waals surface area contributed by atoms with Crippen LogP contribution < -0.4 is 4.90 Å². The van der Waals surface area contributed by atoms with Crippen LogP contribution >= 0.6 is 11.3 Å². The Kier molecular flexibility index (Phi) is 8.09. The number of fused-ring (bicyclic) bond motifs is 4. The quantitative estimate of drug-likeness (QED) is 0.160. The Bertz CT molecular complexity index is 2920. The largest absolute Gasteiger partial charge is 0.309 e. The second-order valence-corrected chi connectivity index (χ2v) is 14.7. The molecule has 1 heterocycles. The van der Waals surface area contributed by atoms with Crippen molar-refractivity contribution in [2.24, 2.45) is 0 Å². The fourth-order valence-electron chi connectivity index (χ4n) is 7.99. The van der Waals surface area contributed by atoms with Crippen LogP contribution in [0.4, 0.5) is 17.1 Å². The van der Waals surface area contributed by atoms with Crippen molar-refractivity contribution in [3.63, 3.8) is 0 Å². The highest BCUT2D eigenvalue weighted by Crippen LogP contribution is 2.47. The first-order valence-electron chi connectivity index (χ1n) is 18.4. The summed E-state index contributed by atoms with van der Waals surface area (Å²) in [6, 6.07) is 77.2. The summed E-state index contributed by atoms with van der Waals surface area (Å²) in [5.74, 6) is 0. The number of benzene rings is 9. The van der Waals surface area contributed by atoms with Crippen molar-refractivity contribution in [2.45, 2.75) is 0 Å². The molecule has 0 aliphatic rings. The summed E-state index contributed by atoms with van der Waals surface area (Å²) in [6.07, 6.45) is 0. The van der Waals surface area contributed by atoms with E-state index < -0.39 is 0 Å². The number of hydrogen-bond acceptors (Lipinski definition) is 2. The minimum Gasteiger partial charge on any atom is -0.309 e. The Balaban J connectivity index is 1.22. The summed E-state index contributed by atoms with van der Waals surface area (Å²) >= 11 is 1.87. The molecule has 54 heavy (non-hydrogen) atoms. The zero-order valence-electron chi connectivity index (χ0n) is 29.6. The smallest absolute Gasteiger partial charge is 0.0640 e. The fraction of sp³-hybridized carbons (Fsp3) is 0. The molecule has 0 aliphatic carbocycles. The van der Waals surface area contributed by atoms with Crippen molar-refractivity contribution in [3.05, 3.63) is 212 Å². The number of hydrogen-bond donors (Lipinski definition) is 0. The molecule has 254 valence electrons. The van der Waals surface area contributed by atoms with Gasteiger partial charge in [-0.2, -0.15) is 0 Å². The van der Waals surface area contributed by atoms with Gasteiger partial charge >= 0.3 is 0 Å². The first-order valence-corrected chi connectivity index (χ1v) is 19.2. The third-order valence-corrected chi connectivity index (χ3v) is 11.7. The Morgan fingerprint density at radius 3 is 1.59 bits per heavy atom. The lowest BCUT2D eigenvalue weighted by molar-refractivity contribution is 1.30. The van der Waals surface area contributed by atoms with Crippen LogP contribution in [0.3, 0.4) is 0 Å². The summed E-state index contributed by atoms with van der Waals surface area (Å²) in [4.78, 5) is 2.46. The van der Waals surface area contributed by atoms with Crippen LogP contribution in [0.1, 0.15) is 0 Å². The van der Waals surface area contributed by atoms with Crippen LogP contribution in [0.25, 0.3) is 75.5 Å². The molecule has 0 amide bonds. The van der Waals surface area contributed by atoms with Gasteiger partial charge in [0, 0.05) is 26.8 Å². The van der Waals surface area contributed by atoms with Gasteiger partial charge in [-0.25, -0.2) is 0 Å². The van der Waals surface area contributed by atoms with Gasteiger partial charge in [0.25, 0.3) is 0 Å². The lowest BCUT2D eigenvalue weighted by Gasteiger charge is -2.28. The molecule has 0 atom stereocenters. The Labute approximate surface area is 319 Å². The monoisotopic (exact) mass is 705 g/mol. The van der Waals surface area contributed by atoms with Crippen LogP contribution in [0.15, 0.2) is 212 Å². The normalized spacial score (nSPS) is 11.3. The topological polar surface area (TPSA) is 3.24 Å².